The van der Waals surface area contributed by atoms with Crippen molar-refractivity contribution in [3.63, 3.8) is 0 Å². The van der Waals surface area contributed by atoms with E-state index in [1.165, 1.54) is 11.8 Å². The fourth-order valence-electron chi connectivity index (χ4n) is 0.705. The van der Waals surface area contributed by atoms with Crippen LogP contribution in [0.2, 0.25) is 0 Å². The molecule has 1 rings (SSSR count). The lowest BCUT2D eigenvalue weighted by Crippen LogP contribution is -2.14. The highest BCUT2D eigenvalue weighted by molar-refractivity contribution is 9.10. The molecular weight excluding hydrogens is 254 g/mol. The molecule has 0 fully saturated rings. The van der Waals surface area contributed by atoms with E-state index in [0.717, 1.165) is 9.50 Å². The molecule has 0 radical (unpaired) electrons. The van der Waals surface area contributed by atoms with Gasteiger partial charge in [-0.1, -0.05) is 0 Å². The number of halogens is 1. The van der Waals surface area contributed by atoms with E-state index in [1.54, 1.807) is 6.20 Å². The molecule has 0 aliphatic heterocycles. The zero-order valence-electron chi connectivity index (χ0n) is 6.85. The molecule has 0 aliphatic rings. The first-order chi connectivity index (χ1) is 6.24. The van der Waals surface area contributed by atoms with Crippen LogP contribution in [0.4, 0.5) is 0 Å². The summed E-state index contributed by atoms with van der Waals surface area (Å²) in [5.74, 6) is 0.451. The zero-order chi connectivity index (χ0) is 9.68. The summed E-state index contributed by atoms with van der Waals surface area (Å²) in [5.41, 5.74) is 0. The molecule has 0 aromatic carbocycles. The minimum atomic E-state index is -0.682. The average Bonchev–Trinajstić information content (AvgIpc) is 2.16. The topological polar surface area (TPSA) is 53.4 Å². The maximum atomic E-state index is 9.10. The van der Waals surface area contributed by atoms with Gasteiger partial charge < -0.3 is 10.2 Å². The molecule has 13 heavy (non-hydrogen) atoms. The third-order valence-electron chi connectivity index (χ3n) is 1.35. The quantitative estimate of drug-likeness (QED) is 0.805. The lowest BCUT2D eigenvalue weighted by atomic mass is 10.4. The first-order valence-corrected chi connectivity index (χ1v) is 5.54. The number of hydrogen-bond donors (Lipinski definition) is 2. The number of rotatable bonds is 4. The van der Waals surface area contributed by atoms with Gasteiger partial charge in [-0.05, 0) is 28.1 Å². The Balaban J connectivity index is 2.50. The van der Waals surface area contributed by atoms with Crippen LogP contribution in [0.5, 0.6) is 0 Å². The Morgan fingerprint density at radius 3 is 3.00 bits per heavy atom. The number of thioether (sulfide) groups is 1. The van der Waals surface area contributed by atoms with Gasteiger partial charge in [0.2, 0.25) is 0 Å². The summed E-state index contributed by atoms with van der Waals surface area (Å²) >= 11 is 4.75. The number of nitrogens with zero attached hydrogens (tertiary/aromatic N) is 1. The number of pyridine rings is 1. The van der Waals surface area contributed by atoms with Gasteiger partial charge in [0, 0.05) is 16.4 Å². The van der Waals surface area contributed by atoms with Crippen LogP contribution >= 0.6 is 27.7 Å². The second-order valence-electron chi connectivity index (χ2n) is 2.44. The Bertz CT molecular complexity index is 272. The Kier molecular flexibility index (Phi) is 4.72. The fraction of sp³-hybridized carbons (Fsp3) is 0.375. The molecule has 1 aromatic heterocycles. The largest absolute Gasteiger partial charge is 0.394 e. The molecule has 3 nitrogen and oxygen atoms in total. The molecule has 0 spiro atoms. The van der Waals surface area contributed by atoms with Crippen molar-refractivity contribution in [3.8, 4) is 0 Å². The van der Waals surface area contributed by atoms with Crippen LogP contribution in [0, 0.1) is 0 Å². The second kappa shape index (κ2) is 5.59. The summed E-state index contributed by atoms with van der Waals surface area (Å²) in [5, 5.41) is 18.5. The molecule has 72 valence electrons. The Hall–Kier alpha value is -0.100. The first-order valence-electron chi connectivity index (χ1n) is 3.76. The summed E-state index contributed by atoms with van der Waals surface area (Å²) < 4.78 is 0.908. The molecule has 0 saturated carbocycles. The van der Waals surface area contributed by atoms with E-state index >= 15 is 0 Å². The van der Waals surface area contributed by atoms with Crippen LogP contribution in [0.1, 0.15) is 0 Å². The Labute approximate surface area is 89.3 Å². The lowest BCUT2D eigenvalue weighted by Gasteiger charge is -2.06. The highest BCUT2D eigenvalue weighted by Crippen LogP contribution is 2.24. The van der Waals surface area contributed by atoms with E-state index < -0.39 is 6.10 Å². The van der Waals surface area contributed by atoms with Crippen LogP contribution in [0.3, 0.4) is 0 Å². The Morgan fingerprint density at radius 1 is 1.62 bits per heavy atom. The summed E-state index contributed by atoms with van der Waals surface area (Å²) in [6.07, 6.45) is 1.01. The van der Waals surface area contributed by atoms with E-state index in [1.807, 2.05) is 12.1 Å². The third-order valence-corrected chi connectivity index (χ3v) is 3.40. The molecule has 1 aromatic rings. The van der Waals surface area contributed by atoms with Gasteiger partial charge in [-0.3, -0.25) is 0 Å². The van der Waals surface area contributed by atoms with Crippen molar-refractivity contribution >= 4 is 27.7 Å². The van der Waals surface area contributed by atoms with Gasteiger partial charge in [-0.25, -0.2) is 4.98 Å². The summed E-state index contributed by atoms with van der Waals surface area (Å²) in [4.78, 5) is 4.11. The molecular formula is C8H10BrNO2S. The average molecular weight is 264 g/mol. The van der Waals surface area contributed by atoms with Gasteiger partial charge in [0.25, 0.3) is 0 Å². The van der Waals surface area contributed by atoms with E-state index in [2.05, 4.69) is 20.9 Å². The van der Waals surface area contributed by atoms with Gasteiger partial charge >= 0.3 is 0 Å². The zero-order valence-corrected chi connectivity index (χ0v) is 9.25. The minimum absolute atomic E-state index is 0.211. The Morgan fingerprint density at radius 2 is 2.38 bits per heavy atom. The summed E-state index contributed by atoms with van der Waals surface area (Å²) in [6.45, 7) is -0.211. The molecule has 1 unspecified atom stereocenters. The van der Waals surface area contributed by atoms with Crippen LogP contribution in [-0.4, -0.2) is 33.7 Å². The van der Waals surface area contributed by atoms with Gasteiger partial charge in [0.05, 0.1) is 12.7 Å². The molecule has 1 atom stereocenters. The maximum absolute atomic E-state index is 9.10. The minimum Gasteiger partial charge on any atom is -0.394 e. The van der Waals surface area contributed by atoms with Gasteiger partial charge in [-0.2, -0.15) is 0 Å². The SMILES string of the molecule is OCC(O)CSc1ncccc1Br. The van der Waals surface area contributed by atoms with Crippen molar-refractivity contribution in [2.75, 3.05) is 12.4 Å². The fourth-order valence-corrected chi connectivity index (χ4v) is 2.10. The summed E-state index contributed by atoms with van der Waals surface area (Å²) in [7, 11) is 0. The molecule has 0 saturated heterocycles. The van der Waals surface area contributed by atoms with Crippen molar-refractivity contribution in [1.29, 1.82) is 0 Å². The first kappa shape index (κ1) is 11.0. The van der Waals surface area contributed by atoms with Crippen LogP contribution in [0.25, 0.3) is 0 Å². The number of hydrogen-bond acceptors (Lipinski definition) is 4. The third kappa shape index (κ3) is 3.64. The van der Waals surface area contributed by atoms with Gasteiger partial charge in [-0.15, -0.1) is 11.8 Å². The van der Waals surface area contributed by atoms with Crippen molar-refractivity contribution in [2.45, 2.75) is 11.1 Å². The van der Waals surface area contributed by atoms with E-state index in [0.29, 0.717) is 5.75 Å². The van der Waals surface area contributed by atoms with Crippen molar-refractivity contribution in [2.24, 2.45) is 0 Å². The predicted molar refractivity (Wildman–Crippen MR) is 55.8 cm³/mol. The van der Waals surface area contributed by atoms with Crippen molar-refractivity contribution in [3.05, 3.63) is 22.8 Å². The van der Waals surface area contributed by atoms with Crippen LogP contribution in [-0.2, 0) is 0 Å². The molecule has 0 aliphatic carbocycles. The van der Waals surface area contributed by atoms with Crippen molar-refractivity contribution < 1.29 is 10.2 Å². The smallest absolute Gasteiger partial charge is 0.110 e. The lowest BCUT2D eigenvalue weighted by molar-refractivity contribution is 0.113. The van der Waals surface area contributed by atoms with E-state index in [9.17, 15) is 0 Å². The molecule has 1 heterocycles. The van der Waals surface area contributed by atoms with E-state index in [-0.39, 0.29) is 6.61 Å². The van der Waals surface area contributed by atoms with E-state index in [4.69, 9.17) is 10.2 Å². The van der Waals surface area contributed by atoms with Crippen LogP contribution < -0.4 is 0 Å². The molecule has 0 amide bonds. The highest BCUT2D eigenvalue weighted by atomic mass is 79.9. The molecule has 2 N–H and O–H groups in total. The second-order valence-corrected chi connectivity index (χ2v) is 4.30. The normalized spacial score (nSPS) is 12.8. The number of aliphatic hydroxyl groups is 2. The van der Waals surface area contributed by atoms with Crippen molar-refractivity contribution in [1.82, 2.24) is 4.98 Å². The predicted octanol–water partition coefficient (Wildman–Crippen LogP) is 1.29. The van der Waals surface area contributed by atoms with Gasteiger partial charge in [0.1, 0.15) is 5.03 Å². The standard InChI is InChI=1S/C8H10BrNO2S/c9-7-2-1-3-10-8(7)13-5-6(12)4-11/h1-3,6,11-12H,4-5H2. The maximum Gasteiger partial charge on any atom is 0.110 e. The molecule has 0 bridgehead atoms. The highest BCUT2D eigenvalue weighted by Gasteiger charge is 2.05. The monoisotopic (exact) mass is 263 g/mol. The number of aromatic nitrogens is 1. The van der Waals surface area contributed by atoms with Gasteiger partial charge in [0.15, 0.2) is 0 Å². The molecule has 5 heteroatoms. The van der Waals surface area contributed by atoms with Crippen LogP contribution in [0.15, 0.2) is 27.8 Å². The number of aliphatic hydroxyl groups excluding tert-OH is 2. The summed E-state index contributed by atoms with van der Waals surface area (Å²) in [6, 6.07) is 3.72.